The van der Waals surface area contributed by atoms with E-state index in [4.69, 9.17) is 0 Å². The summed E-state index contributed by atoms with van der Waals surface area (Å²) in [6.07, 6.45) is 5.29. The molecule has 1 nitrogen and oxygen atoms in total. The largest absolute Gasteiger partial charge is 0.314 e. The van der Waals surface area contributed by atoms with Crippen molar-refractivity contribution in [1.82, 2.24) is 5.32 Å². The highest BCUT2D eigenvalue weighted by Crippen LogP contribution is 2.36. The zero-order valence-corrected chi connectivity index (χ0v) is 14.6. The smallest absolute Gasteiger partial charge is 0.0207 e. The van der Waals surface area contributed by atoms with Crippen LogP contribution in [0.4, 0.5) is 0 Å². The summed E-state index contributed by atoms with van der Waals surface area (Å²) in [6.45, 7) is 8.13. The third-order valence-electron chi connectivity index (χ3n) is 5.07. The van der Waals surface area contributed by atoms with Gasteiger partial charge in [0.05, 0.1) is 0 Å². The van der Waals surface area contributed by atoms with Crippen molar-refractivity contribution in [3.63, 3.8) is 0 Å². The zero-order chi connectivity index (χ0) is 14.5. The Labute approximate surface area is 132 Å². The molecule has 2 heteroatoms. The van der Waals surface area contributed by atoms with Crippen LogP contribution in [0.25, 0.3) is 0 Å². The Kier molecular flexibility index (Phi) is 6.10. The summed E-state index contributed by atoms with van der Waals surface area (Å²) in [5.41, 5.74) is 1.43. The fourth-order valence-electron chi connectivity index (χ4n) is 3.52. The van der Waals surface area contributed by atoms with Crippen LogP contribution >= 0.6 is 15.9 Å². The van der Waals surface area contributed by atoms with E-state index < -0.39 is 0 Å². The zero-order valence-electron chi connectivity index (χ0n) is 13.0. The molecule has 0 aromatic heterocycles. The monoisotopic (exact) mass is 337 g/mol. The van der Waals surface area contributed by atoms with Crippen LogP contribution in [0.15, 0.2) is 28.7 Å². The summed E-state index contributed by atoms with van der Waals surface area (Å²) >= 11 is 3.69. The van der Waals surface area contributed by atoms with Gasteiger partial charge in [0.25, 0.3) is 0 Å². The van der Waals surface area contributed by atoms with E-state index in [9.17, 15) is 0 Å². The van der Waals surface area contributed by atoms with Crippen molar-refractivity contribution in [3.05, 3.63) is 34.3 Å². The van der Waals surface area contributed by atoms with Crippen molar-refractivity contribution in [2.75, 3.05) is 6.54 Å². The normalized spacial score (nSPS) is 28.3. The lowest BCUT2D eigenvalue weighted by molar-refractivity contribution is 0.171. The van der Waals surface area contributed by atoms with E-state index in [0.29, 0.717) is 6.04 Å². The van der Waals surface area contributed by atoms with E-state index in [2.05, 4.69) is 66.3 Å². The van der Waals surface area contributed by atoms with Gasteiger partial charge in [0.15, 0.2) is 0 Å². The van der Waals surface area contributed by atoms with E-state index in [1.807, 2.05) is 0 Å². The second kappa shape index (κ2) is 7.61. The number of hydrogen-bond donors (Lipinski definition) is 1. The van der Waals surface area contributed by atoms with Gasteiger partial charge in [-0.05, 0) is 55.2 Å². The molecule has 1 aromatic rings. The van der Waals surface area contributed by atoms with E-state index in [-0.39, 0.29) is 0 Å². The van der Waals surface area contributed by atoms with Crippen molar-refractivity contribution < 1.29 is 0 Å². The molecule has 0 heterocycles. The van der Waals surface area contributed by atoms with E-state index in [1.165, 1.54) is 29.3 Å². The highest BCUT2D eigenvalue weighted by atomic mass is 79.9. The summed E-state index contributed by atoms with van der Waals surface area (Å²) in [4.78, 5) is 0. The first-order valence-electron chi connectivity index (χ1n) is 8.08. The molecule has 0 aliphatic heterocycles. The Morgan fingerprint density at radius 2 is 1.95 bits per heavy atom. The quantitative estimate of drug-likeness (QED) is 0.793. The van der Waals surface area contributed by atoms with Gasteiger partial charge in [-0.3, -0.25) is 0 Å². The molecule has 0 amide bonds. The van der Waals surface area contributed by atoms with E-state index in [0.717, 1.165) is 30.7 Å². The first-order valence-corrected chi connectivity index (χ1v) is 8.87. The van der Waals surface area contributed by atoms with Gasteiger partial charge < -0.3 is 5.32 Å². The fraction of sp³-hybridized carbons (Fsp3) is 0.667. The molecule has 0 spiro atoms. The molecule has 0 saturated heterocycles. The lowest BCUT2D eigenvalue weighted by atomic mass is 9.72. The van der Waals surface area contributed by atoms with Crippen LogP contribution in [0.5, 0.6) is 0 Å². The Morgan fingerprint density at radius 1 is 1.20 bits per heavy atom. The summed E-state index contributed by atoms with van der Waals surface area (Å²) in [5, 5.41) is 3.74. The molecule has 112 valence electrons. The summed E-state index contributed by atoms with van der Waals surface area (Å²) < 4.78 is 1.25. The standard InChI is InChI=1S/C18H28BrN/c1-4-20-18(12-15-7-5-6-8-17(15)19)16-10-9-13(2)14(3)11-16/h5-8,13-14,16,18,20H,4,9-12H2,1-3H3. The average molecular weight is 338 g/mol. The SMILES string of the molecule is CCNC(Cc1ccccc1Br)C1CCC(C)C(C)C1. The molecule has 0 radical (unpaired) electrons. The molecule has 1 aromatic carbocycles. The minimum atomic E-state index is 0.619. The third kappa shape index (κ3) is 4.08. The van der Waals surface area contributed by atoms with Crippen molar-refractivity contribution in [1.29, 1.82) is 0 Å². The number of hydrogen-bond acceptors (Lipinski definition) is 1. The topological polar surface area (TPSA) is 12.0 Å². The van der Waals surface area contributed by atoms with Gasteiger partial charge in [0.2, 0.25) is 0 Å². The molecule has 1 fully saturated rings. The highest BCUT2D eigenvalue weighted by molar-refractivity contribution is 9.10. The van der Waals surface area contributed by atoms with Gasteiger partial charge in [-0.2, -0.15) is 0 Å². The van der Waals surface area contributed by atoms with Crippen molar-refractivity contribution in [2.45, 2.75) is 52.5 Å². The van der Waals surface area contributed by atoms with Crippen LogP contribution < -0.4 is 5.32 Å². The van der Waals surface area contributed by atoms with Gasteiger partial charge in [-0.1, -0.05) is 61.3 Å². The lowest BCUT2D eigenvalue weighted by Gasteiger charge is -2.37. The molecule has 4 unspecified atom stereocenters. The molecule has 1 aliphatic rings. The molecular weight excluding hydrogens is 310 g/mol. The van der Waals surface area contributed by atoms with Crippen LogP contribution in [-0.4, -0.2) is 12.6 Å². The second-order valence-corrected chi connectivity index (χ2v) is 7.34. The molecule has 20 heavy (non-hydrogen) atoms. The van der Waals surface area contributed by atoms with Crippen molar-refractivity contribution in [2.24, 2.45) is 17.8 Å². The maximum absolute atomic E-state index is 3.74. The Balaban J connectivity index is 2.05. The molecule has 1 saturated carbocycles. The van der Waals surface area contributed by atoms with Crippen molar-refractivity contribution >= 4 is 15.9 Å². The van der Waals surface area contributed by atoms with E-state index in [1.54, 1.807) is 0 Å². The first-order chi connectivity index (χ1) is 9.61. The Bertz CT molecular complexity index is 418. The molecule has 1 N–H and O–H groups in total. The van der Waals surface area contributed by atoms with Gasteiger partial charge in [0, 0.05) is 10.5 Å². The van der Waals surface area contributed by atoms with Crippen LogP contribution in [0.2, 0.25) is 0 Å². The summed E-state index contributed by atoms with van der Waals surface area (Å²) in [6, 6.07) is 9.27. The molecular formula is C18H28BrN. The third-order valence-corrected chi connectivity index (χ3v) is 5.85. The van der Waals surface area contributed by atoms with E-state index >= 15 is 0 Å². The predicted octanol–water partition coefficient (Wildman–Crippen LogP) is 5.04. The minimum Gasteiger partial charge on any atom is -0.314 e. The molecule has 0 bridgehead atoms. The van der Waals surface area contributed by atoms with Crippen LogP contribution in [0.3, 0.4) is 0 Å². The Hall–Kier alpha value is -0.340. The predicted molar refractivity (Wildman–Crippen MR) is 91.0 cm³/mol. The minimum absolute atomic E-state index is 0.619. The number of halogens is 1. The van der Waals surface area contributed by atoms with Gasteiger partial charge in [0.1, 0.15) is 0 Å². The number of benzene rings is 1. The van der Waals surface area contributed by atoms with Crippen molar-refractivity contribution in [3.8, 4) is 0 Å². The van der Waals surface area contributed by atoms with Gasteiger partial charge in [-0.15, -0.1) is 0 Å². The average Bonchev–Trinajstić information content (AvgIpc) is 2.44. The summed E-state index contributed by atoms with van der Waals surface area (Å²) in [7, 11) is 0. The molecule has 4 atom stereocenters. The first kappa shape index (κ1) is 16.0. The van der Waals surface area contributed by atoms with Crippen LogP contribution in [0.1, 0.15) is 45.6 Å². The highest BCUT2D eigenvalue weighted by Gasteiger charge is 2.30. The second-order valence-electron chi connectivity index (χ2n) is 6.49. The molecule has 2 rings (SSSR count). The van der Waals surface area contributed by atoms with Gasteiger partial charge in [-0.25, -0.2) is 0 Å². The number of likely N-dealkylation sites (N-methyl/N-ethyl adjacent to an activating group) is 1. The fourth-order valence-corrected chi connectivity index (χ4v) is 3.97. The Morgan fingerprint density at radius 3 is 2.60 bits per heavy atom. The number of nitrogens with one attached hydrogen (secondary N) is 1. The van der Waals surface area contributed by atoms with Gasteiger partial charge >= 0.3 is 0 Å². The number of rotatable bonds is 5. The lowest BCUT2D eigenvalue weighted by Crippen LogP contribution is -2.41. The van der Waals surface area contributed by atoms with Crippen LogP contribution in [0, 0.1) is 17.8 Å². The summed E-state index contributed by atoms with van der Waals surface area (Å²) in [5.74, 6) is 2.60. The van der Waals surface area contributed by atoms with Crippen LogP contribution in [-0.2, 0) is 6.42 Å². The maximum atomic E-state index is 3.74. The molecule has 1 aliphatic carbocycles. The maximum Gasteiger partial charge on any atom is 0.0207 e.